The smallest absolute Gasteiger partial charge is 0.316 e. The van der Waals surface area contributed by atoms with Gasteiger partial charge in [-0.1, -0.05) is 30.3 Å². The molecule has 0 fully saturated rings. The summed E-state index contributed by atoms with van der Waals surface area (Å²) in [6.07, 6.45) is 0. The van der Waals surface area contributed by atoms with Crippen LogP contribution < -0.4 is 5.73 Å². The van der Waals surface area contributed by atoms with E-state index in [0.717, 1.165) is 0 Å². The Hall–Kier alpha value is -2.47. The van der Waals surface area contributed by atoms with Crippen molar-refractivity contribution in [3.8, 4) is 0 Å². The number of nitrogens with two attached hydrogens (primary N) is 1. The summed E-state index contributed by atoms with van der Waals surface area (Å²) in [4.78, 5) is 12.2. The highest BCUT2D eigenvalue weighted by Crippen LogP contribution is 2.24. The molecule has 19 heavy (non-hydrogen) atoms. The SMILES string of the molecule is Nc1ccc(C(=O)c2ccccc2)cc1N=S(=O)=O. The van der Waals surface area contributed by atoms with Crippen LogP contribution in [0.1, 0.15) is 15.9 Å². The summed E-state index contributed by atoms with van der Waals surface area (Å²) in [6.45, 7) is 0. The van der Waals surface area contributed by atoms with Crippen LogP contribution in [0.4, 0.5) is 11.4 Å². The van der Waals surface area contributed by atoms with Gasteiger partial charge in [0.2, 0.25) is 0 Å². The Morgan fingerprint density at radius 1 is 1.00 bits per heavy atom. The van der Waals surface area contributed by atoms with Crippen molar-refractivity contribution in [1.82, 2.24) is 0 Å². The van der Waals surface area contributed by atoms with Crippen molar-refractivity contribution in [3.63, 3.8) is 0 Å². The lowest BCUT2D eigenvalue weighted by Gasteiger charge is -2.03. The summed E-state index contributed by atoms with van der Waals surface area (Å²) < 4.78 is 24.5. The first-order chi connectivity index (χ1) is 9.08. The lowest BCUT2D eigenvalue weighted by Crippen LogP contribution is -2.01. The van der Waals surface area contributed by atoms with Gasteiger partial charge >= 0.3 is 10.5 Å². The van der Waals surface area contributed by atoms with Gasteiger partial charge in [0.15, 0.2) is 5.78 Å². The largest absolute Gasteiger partial charge is 0.397 e. The van der Waals surface area contributed by atoms with Gasteiger partial charge in [-0.25, -0.2) is 0 Å². The van der Waals surface area contributed by atoms with E-state index in [1.54, 1.807) is 30.3 Å². The van der Waals surface area contributed by atoms with Crippen LogP contribution in [-0.2, 0) is 10.5 Å². The summed E-state index contributed by atoms with van der Waals surface area (Å²) in [5.74, 6) is -0.214. The molecule has 0 bridgehead atoms. The van der Waals surface area contributed by atoms with E-state index in [4.69, 9.17) is 5.73 Å². The molecule has 0 heterocycles. The number of anilines is 1. The number of nitrogens with zero attached hydrogens (tertiary/aromatic N) is 1. The molecule has 0 spiro atoms. The maximum atomic E-state index is 12.2. The van der Waals surface area contributed by atoms with Crippen LogP contribution in [0.3, 0.4) is 0 Å². The van der Waals surface area contributed by atoms with Gasteiger partial charge < -0.3 is 5.73 Å². The van der Waals surface area contributed by atoms with Crippen molar-refractivity contribution >= 4 is 27.7 Å². The molecule has 0 saturated carbocycles. The monoisotopic (exact) mass is 274 g/mol. The molecule has 0 aromatic heterocycles. The van der Waals surface area contributed by atoms with Crippen LogP contribution >= 0.6 is 0 Å². The first-order valence-corrected chi connectivity index (χ1v) is 6.41. The minimum Gasteiger partial charge on any atom is -0.397 e. The third kappa shape index (κ3) is 3.05. The van der Waals surface area contributed by atoms with Crippen molar-refractivity contribution in [1.29, 1.82) is 0 Å². The maximum Gasteiger partial charge on any atom is 0.316 e. The summed E-state index contributed by atoms with van der Waals surface area (Å²) in [6, 6.07) is 13.0. The molecule has 2 rings (SSSR count). The molecule has 2 aromatic carbocycles. The topological polar surface area (TPSA) is 89.6 Å². The predicted molar refractivity (Wildman–Crippen MR) is 71.7 cm³/mol. The predicted octanol–water partition coefficient (Wildman–Crippen LogP) is 2.19. The van der Waals surface area contributed by atoms with Crippen LogP contribution in [-0.4, -0.2) is 14.2 Å². The van der Waals surface area contributed by atoms with Gasteiger partial charge in [-0.05, 0) is 18.2 Å². The fourth-order valence-corrected chi connectivity index (χ4v) is 1.92. The van der Waals surface area contributed by atoms with E-state index in [-0.39, 0.29) is 17.2 Å². The van der Waals surface area contributed by atoms with Gasteiger partial charge in [-0.15, -0.1) is 4.36 Å². The van der Waals surface area contributed by atoms with E-state index in [0.29, 0.717) is 11.1 Å². The zero-order chi connectivity index (χ0) is 13.8. The molecular formula is C13H10N2O3S. The quantitative estimate of drug-likeness (QED) is 0.686. The van der Waals surface area contributed by atoms with Crippen molar-refractivity contribution in [2.75, 3.05) is 5.73 Å². The minimum atomic E-state index is -2.61. The molecule has 0 radical (unpaired) electrons. The molecule has 6 heteroatoms. The van der Waals surface area contributed by atoms with Crippen LogP contribution in [0, 0.1) is 0 Å². The highest BCUT2D eigenvalue weighted by atomic mass is 32.2. The molecule has 2 N–H and O–H groups in total. The van der Waals surface area contributed by atoms with Crippen LogP contribution in [0.15, 0.2) is 52.9 Å². The van der Waals surface area contributed by atoms with E-state index in [9.17, 15) is 13.2 Å². The lowest BCUT2D eigenvalue weighted by atomic mass is 10.0. The van der Waals surface area contributed by atoms with Gasteiger partial charge in [-0.2, -0.15) is 8.42 Å². The molecule has 0 aliphatic rings. The normalized spacial score (nSPS) is 9.89. The molecule has 96 valence electrons. The third-order valence-electron chi connectivity index (χ3n) is 2.50. The van der Waals surface area contributed by atoms with E-state index in [1.807, 2.05) is 0 Å². The van der Waals surface area contributed by atoms with Gasteiger partial charge in [0, 0.05) is 11.1 Å². The van der Waals surface area contributed by atoms with E-state index >= 15 is 0 Å². The van der Waals surface area contributed by atoms with Crippen LogP contribution in [0.2, 0.25) is 0 Å². The Bertz CT molecular complexity index is 745. The Balaban J connectivity index is 2.47. The van der Waals surface area contributed by atoms with Crippen molar-refractivity contribution < 1.29 is 13.2 Å². The summed E-state index contributed by atoms with van der Waals surface area (Å²) in [5, 5.41) is 0. The fraction of sp³-hybridized carbons (Fsp3) is 0. The molecular weight excluding hydrogens is 264 g/mol. The van der Waals surface area contributed by atoms with E-state index in [1.165, 1.54) is 18.2 Å². The van der Waals surface area contributed by atoms with Gasteiger partial charge in [0.05, 0.1) is 5.69 Å². The Morgan fingerprint density at radius 3 is 2.32 bits per heavy atom. The second-order valence-corrected chi connectivity index (χ2v) is 4.39. The number of carbonyl (C=O) groups excluding carboxylic acids is 1. The molecule has 0 unspecified atom stereocenters. The maximum absolute atomic E-state index is 12.2. The van der Waals surface area contributed by atoms with Gasteiger partial charge in [-0.3, -0.25) is 4.79 Å². The number of hydrogen-bond acceptors (Lipinski definition) is 5. The summed E-state index contributed by atoms with van der Waals surface area (Å²) in [7, 11) is -2.61. The molecule has 2 aromatic rings. The molecule has 5 nitrogen and oxygen atoms in total. The number of ketones is 1. The lowest BCUT2D eigenvalue weighted by molar-refractivity contribution is 0.103. The average Bonchev–Trinajstić information content (AvgIpc) is 2.41. The second kappa shape index (κ2) is 5.45. The molecule has 0 atom stereocenters. The Morgan fingerprint density at radius 2 is 1.68 bits per heavy atom. The molecule has 0 amide bonds. The van der Waals surface area contributed by atoms with Crippen molar-refractivity contribution in [2.45, 2.75) is 0 Å². The Labute approximate surface area is 111 Å². The first-order valence-electron chi connectivity index (χ1n) is 5.38. The highest BCUT2D eigenvalue weighted by molar-refractivity contribution is 7.61. The summed E-state index contributed by atoms with van der Waals surface area (Å²) >= 11 is 0. The van der Waals surface area contributed by atoms with E-state index < -0.39 is 10.5 Å². The second-order valence-electron chi connectivity index (χ2n) is 3.78. The van der Waals surface area contributed by atoms with Crippen LogP contribution in [0.25, 0.3) is 0 Å². The number of hydrogen-bond donors (Lipinski definition) is 1. The third-order valence-corrected chi connectivity index (χ3v) is 2.85. The van der Waals surface area contributed by atoms with Gasteiger partial charge in [0.25, 0.3) is 0 Å². The zero-order valence-corrected chi connectivity index (χ0v) is 10.6. The first kappa shape index (κ1) is 13.0. The molecule has 0 saturated heterocycles. The minimum absolute atomic E-state index is 0.0649. The number of rotatable bonds is 3. The van der Waals surface area contributed by atoms with Crippen LogP contribution in [0.5, 0.6) is 0 Å². The van der Waals surface area contributed by atoms with E-state index in [2.05, 4.69) is 4.36 Å². The fourth-order valence-electron chi connectivity index (χ4n) is 1.60. The number of carbonyl (C=O) groups is 1. The number of nitrogen functional groups attached to an aromatic ring is 1. The highest BCUT2D eigenvalue weighted by Gasteiger charge is 2.10. The van der Waals surface area contributed by atoms with Crippen molar-refractivity contribution in [3.05, 3.63) is 59.7 Å². The average molecular weight is 274 g/mol. The standard InChI is InChI=1S/C13H10N2O3S/c14-11-7-6-10(8-12(11)15-19(17)18)13(16)9-4-2-1-3-5-9/h1-8H,14H2. The molecule has 0 aliphatic heterocycles. The zero-order valence-electron chi connectivity index (χ0n) is 9.78. The van der Waals surface area contributed by atoms with Gasteiger partial charge in [0.1, 0.15) is 5.69 Å². The Kier molecular flexibility index (Phi) is 3.72. The molecule has 0 aliphatic carbocycles. The van der Waals surface area contributed by atoms with Crippen molar-refractivity contribution in [2.24, 2.45) is 4.36 Å². The number of benzene rings is 2. The summed E-state index contributed by atoms with van der Waals surface area (Å²) in [5.41, 5.74) is 6.72.